The van der Waals surface area contributed by atoms with Crippen molar-refractivity contribution in [2.24, 2.45) is 28.8 Å². The first kappa shape index (κ1) is 51.4. The second kappa shape index (κ2) is 23.4. The van der Waals surface area contributed by atoms with Gasteiger partial charge in [0.1, 0.15) is 40.5 Å². The van der Waals surface area contributed by atoms with Crippen LogP contribution in [-0.4, -0.2) is 84.3 Å². The molecule has 2 fully saturated rings. The normalized spacial score (nSPS) is 23.5. The van der Waals surface area contributed by atoms with Crippen molar-refractivity contribution in [2.75, 3.05) is 39.4 Å². The lowest BCUT2D eigenvalue weighted by atomic mass is 9.55. The minimum Gasteiger partial charge on any atom is -0.497 e. The third-order valence-electron chi connectivity index (χ3n) is 14.1. The number of rotatable bonds is 22. The van der Waals surface area contributed by atoms with Gasteiger partial charge < -0.3 is 43.6 Å². The van der Waals surface area contributed by atoms with Crippen molar-refractivity contribution in [3.8, 4) is 23.0 Å². The molecule has 0 aromatic heterocycles. The number of aliphatic hydroxyl groups is 2. The molecule has 0 radical (unpaired) electrons. The van der Waals surface area contributed by atoms with Gasteiger partial charge in [0.2, 0.25) is 11.7 Å². The van der Waals surface area contributed by atoms with E-state index >= 15 is 4.79 Å². The highest BCUT2D eigenvalue weighted by Crippen LogP contribution is 2.62. The fourth-order valence-electron chi connectivity index (χ4n) is 11.0. The summed E-state index contributed by atoms with van der Waals surface area (Å²) in [5.41, 5.74) is 2.85. The monoisotopic (exact) mass is 954 g/mol. The van der Waals surface area contributed by atoms with Gasteiger partial charge in [-0.1, -0.05) is 68.0 Å². The van der Waals surface area contributed by atoms with E-state index in [4.69, 9.17) is 33.7 Å². The van der Waals surface area contributed by atoms with E-state index in [1.54, 1.807) is 55.7 Å². The number of carbonyl (C=O) groups is 2. The van der Waals surface area contributed by atoms with E-state index < -0.39 is 29.4 Å². The van der Waals surface area contributed by atoms with Crippen molar-refractivity contribution >= 4 is 23.4 Å². The molecule has 69 heavy (non-hydrogen) atoms. The van der Waals surface area contributed by atoms with Gasteiger partial charge in [-0.15, -0.1) is 6.58 Å². The molecule has 1 heterocycles. The lowest BCUT2D eigenvalue weighted by molar-refractivity contribution is -0.258. The van der Waals surface area contributed by atoms with Gasteiger partial charge in [0, 0.05) is 50.1 Å². The van der Waals surface area contributed by atoms with Crippen LogP contribution in [0.15, 0.2) is 90.1 Å². The average Bonchev–Trinajstić information content (AvgIpc) is 3.87. The Morgan fingerprint density at radius 1 is 0.942 bits per heavy atom. The molecule has 2 saturated carbocycles. The number of oxime groups is 1. The highest BCUT2D eigenvalue weighted by molar-refractivity contribution is 6.03. The molecule has 3 aliphatic carbocycles. The number of hydrogen-bond donors (Lipinski definition) is 3. The smallest absolute Gasteiger partial charge is 0.417 e. The number of carbonyl (C=O) groups excluding carboxylic acids is 2. The largest absolute Gasteiger partial charge is 0.497 e. The van der Waals surface area contributed by atoms with Crippen molar-refractivity contribution in [3.63, 3.8) is 0 Å². The highest BCUT2D eigenvalue weighted by Gasteiger charge is 2.65. The summed E-state index contributed by atoms with van der Waals surface area (Å²) >= 11 is 0. The van der Waals surface area contributed by atoms with E-state index in [0.717, 1.165) is 74.5 Å². The van der Waals surface area contributed by atoms with Crippen LogP contribution < -0.4 is 24.3 Å². The standard InChI is InChI=1S/C55H72FN3O10/c1-7-30-66-55-49(59(35-37-18-21-39(56)22-19-37)50(62)27-20-36-14-8-9-15-36)34-46(58-69-54(2,3)4)43-31-38(16-10-12-28-60)42(17-11-13-29-61)51(52(43)55)44-32-41(24-26-47(44)68-55)67-53(63)57-45-25-23-40(64-5)33-48(45)65-6/h7,18-19,21-26,31-33,36,38,42,49,51-52,60-61H,1,8-17,20,27-30,34-35H2,2-6H3,(H,57,63)/t38-,42+,49-,51+,52+,55+/m0/s1. The molecule has 0 spiro atoms. The van der Waals surface area contributed by atoms with Crippen molar-refractivity contribution in [3.05, 3.63) is 102 Å². The van der Waals surface area contributed by atoms with E-state index in [1.165, 1.54) is 19.2 Å². The highest BCUT2D eigenvalue weighted by atomic mass is 19.1. The number of ether oxygens (including phenoxy) is 5. The Balaban J connectivity index is 1.41. The number of nitrogens with one attached hydrogen (secondary N) is 1. The zero-order chi connectivity index (χ0) is 49.1. The molecule has 13 nitrogen and oxygen atoms in total. The zero-order valence-corrected chi connectivity index (χ0v) is 41.1. The van der Waals surface area contributed by atoms with Gasteiger partial charge in [0.15, 0.2) is 0 Å². The predicted molar refractivity (Wildman–Crippen MR) is 263 cm³/mol. The summed E-state index contributed by atoms with van der Waals surface area (Å²) in [6.45, 7) is 10.3. The lowest BCUT2D eigenvalue weighted by Gasteiger charge is -2.60. The van der Waals surface area contributed by atoms with Crippen molar-refractivity contribution < 1.29 is 52.7 Å². The summed E-state index contributed by atoms with van der Waals surface area (Å²) in [6, 6.07) is 15.9. The molecule has 6 atom stereocenters. The van der Waals surface area contributed by atoms with E-state index in [-0.39, 0.29) is 68.0 Å². The Bertz CT molecular complexity index is 2290. The van der Waals surface area contributed by atoms with Crippen molar-refractivity contribution in [1.29, 1.82) is 0 Å². The first-order chi connectivity index (χ1) is 33.3. The van der Waals surface area contributed by atoms with Crippen molar-refractivity contribution in [1.82, 2.24) is 4.90 Å². The van der Waals surface area contributed by atoms with Crippen molar-refractivity contribution in [2.45, 2.75) is 134 Å². The number of anilines is 1. The number of fused-ring (bicyclic) bond motifs is 2. The summed E-state index contributed by atoms with van der Waals surface area (Å²) in [6.07, 6.45) is 13.3. The number of halogens is 1. The van der Waals surface area contributed by atoms with Crippen LogP contribution in [0.25, 0.3) is 0 Å². The first-order valence-corrected chi connectivity index (χ1v) is 24.8. The SMILES string of the molecule is C=CCO[C@@]12Oc3ccc(OC(=O)Nc4ccc(OC)cc4OC)cc3[C@H]3[C@H](CCCCO)[C@@H](CCCCO)C=C(C(=NOC(C)(C)C)C[C@@H]1N(Cc1ccc(F)cc1)C(=O)CCC1CCCC1)[C@H]32. The fraction of sp³-hybridized carbons (Fsp3) is 0.545. The van der Waals surface area contributed by atoms with Gasteiger partial charge in [-0.05, 0) is 124 Å². The molecule has 3 aromatic rings. The Morgan fingerprint density at radius 3 is 2.35 bits per heavy atom. The second-order valence-electron chi connectivity index (χ2n) is 19.9. The summed E-state index contributed by atoms with van der Waals surface area (Å²) in [4.78, 5) is 37.0. The van der Waals surface area contributed by atoms with Crippen LogP contribution in [0.1, 0.15) is 121 Å². The number of hydrogen-bond acceptors (Lipinski definition) is 11. The second-order valence-corrected chi connectivity index (χ2v) is 19.9. The van der Waals surface area contributed by atoms with Gasteiger partial charge in [0.25, 0.3) is 0 Å². The van der Waals surface area contributed by atoms with E-state index in [9.17, 15) is 19.4 Å². The maximum Gasteiger partial charge on any atom is 0.417 e. The Hall–Kier alpha value is -5.44. The van der Waals surface area contributed by atoms with Crippen LogP contribution in [0, 0.1) is 29.5 Å². The van der Waals surface area contributed by atoms with Crippen LogP contribution in [-0.2, 0) is 20.9 Å². The Morgan fingerprint density at radius 2 is 1.67 bits per heavy atom. The Labute approximate surface area is 407 Å². The van der Waals surface area contributed by atoms with Gasteiger partial charge in [-0.25, -0.2) is 9.18 Å². The molecule has 4 aliphatic rings. The van der Waals surface area contributed by atoms with Crippen LogP contribution in [0.3, 0.4) is 0 Å². The lowest BCUT2D eigenvalue weighted by Crippen LogP contribution is -2.70. The summed E-state index contributed by atoms with van der Waals surface area (Å²) in [5, 5.41) is 27.8. The molecule has 0 unspecified atom stereocenters. The molecule has 0 saturated heterocycles. The number of unbranched alkanes of at least 4 members (excludes halogenated alkanes) is 2. The molecular formula is C55H72FN3O10. The van der Waals surface area contributed by atoms with Gasteiger partial charge in [0.05, 0.1) is 38.1 Å². The summed E-state index contributed by atoms with van der Waals surface area (Å²) < 4.78 is 46.0. The molecule has 374 valence electrons. The average molecular weight is 954 g/mol. The number of allylic oxidation sites excluding steroid dienone is 1. The van der Waals surface area contributed by atoms with E-state index in [0.29, 0.717) is 53.8 Å². The van der Waals surface area contributed by atoms with Crippen LogP contribution in [0.4, 0.5) is 14.9 Å². The first-order valence-electron chi connectivity index (χ1n) is 24.8. The maximum atomic E-state index is 15.2. The van der Waals surface area contributed by atoms with Gasteiger partial charge in [-0.3, -0.25) is 10.1 Å². The van der Waals surface area contributed by atoms with E-state index in [2.05, 4.69) is 18.0 Å². The third-order valence-corrected chi connectivity index (χ3v) is 14.1. The summed E-state index contributed by atoms with van der Waals surface area (Å²) in [7, 11) is 3.05. The molecule has 2 amide bonds. The number of aliphatic hydroxyl groups excluding tert-OH is 2. The Kier molecular flexibility index (Phi) is 17.5. The molecule has 7 rings (SSSR count). The minimum absolute atomic E-state index is 0.00953. The molecule has 3 aromatic carbocycles. The third kappa shape index (κ3) is 12.3. The van der Waals surface area contributed by atoms with Crippen LogP contribution in [0.5, 0.6) is 23.0 Å². The van der Waals surface area contributed by atoms with Gasteiger partial charge >= 0.3 is 6.09 Å². The fourth-order valence-corrected chi connectivity index (χ4v) is 11.0. The van der Waals surface area contributed by atoms with Gasteiger partial charge in [-0.2, -0.15) is 0 Å². The maximum absolute atomic E-state index is 15.2. The molecule has 3 N–H and O–H groups in total. The predicted octanol–water partition coefficient (Wildman–Crippen LogP) is 10.9. The molecular weight excluding hydrogens is 882 g/mol. The zero-order valence-electron chi connectivity index (χ0n) is 41.1. The molecule has 1 aliphatic heterocycles. The molecule has 14 heteroatoms. The van der Waals surface area contributed by atoms with E-state index in [1.807, 2.05) is 31.7 Å². The van der Waals surface area contributed by atoms with Crippen LogP contribution >= 0.6 is 0 Å². The minimum atomic E-state index is -1.50. The van der Waals surface area contributed by atoms with Crippen LogP contribution in [0.2, 0.25) is 0 Å². The quantitative estimate of drug-likeness (QED) is 0.0503. The number of nitrogens with zero attached hydrogens (tertiary/aromatic N) is 2. The number of amides is 2. The molecule has 0 bridgehead atoms. The topological polar surface area (TPSA) is 158 Å². The number of methoxy groups -OCH3 is 2. The number of benzene rings is 3. The summed E-state index contributed by atoms with van der Waals surface area (Å²) in [5.74, 6) is -0.718.